The van der Waals surface area contributed by atoms with Gasteiger partial charge in [0.25, 0.3) is 6.43 Å². The molecule has 0 aliphatic carbocycles. The highest BCUT2D eigenvalue weighted by molar-refractivity contribution is 9.10. The number of H-pyrrole nitrogens is 1. The van der Waals surface area contributed by atoms with E-state index in [4.69, 9.17) is 17.0 Å². The molecule has 0 saturated heterocycles. The molecule has 0 aliphatic heterocycles. The molecule has 0 unspecified atom stereocenters. The second-order valence-corrected chi connectivity index (χ2v) is 4.53. The summed E-state index contributed by atoms with van der Waals surface area (Å²) >= 11 is 8.42. The van der Waals surface area contributed by atoms with E-state index in [1.54, 1.807) is 0 Å². The van der Waals surface area contributed by atoms with Gasteiger partial charge in [-0.2, -0.15) is 0 Å². The van der Waals surface area contributed by atoms with Crippen molar-refractivity contribution >= 4 is 28.1 Å². The minimum Gasteiger partial charge on any atom is -0.375 e. The number of alkyl halides is 2. The van der Waals surface area contributed by atoms with Crippen LogP contribution in [0.4, 0.5) is 8.78 Å². The highest BCUT2D eigenvalue weighted by atomic mass is 79.9. The van der Waals surface area contributed by atoms with Crippen molar-refractivity contribution in [1.29, 1.82) is 0 Å². The lowest BCUT2D eigenvalue weighted by molar-refractivity contribution is 0.0182. The molecule has 7 heteroatoms. The molecule has 17 heavy (non-hydrogen) atoms. The van der Waals surface area contributed by atoms with Gasteiger partial charge in [-0.1, -0.05) is 19.1 Å². The van der Waals surface area contributed by atoms with E-state index in [0.29, 0.717) is 16.9 Å². The number of aromatic nitrogens is 2. The fourth-order valence-corrected chi connectivity index (χ4v) is 1.96. The first-order valence-corrected chi connectivity index (χ1v) is 6.38. The van der Waals surface area contributed by atoms with Crippen LogP contribution in [0.1, 0.15) is 18.4 Å². The summed E-state index contributed by atoms with van der Waals surface area (Å²) in [6.45, 7) is 1.65. The highest BCUT2D eigenvalue weighted by Crippen LogP contribution is 2.16. The largest absolute Gasteiger partial charge is 0.375 e. The SMILES string of the molecule is CCc1[nH]c(CCOCC(F)F)nc(=S)c1Br. The molecule has 1 heterocycles. The van der Waals surface area contributed by atoms with Crippen molar-refractivity contribution < 1.29 is 13.5 Å². The monoisotopic (exact) mass is 326 g/mol. The first-order chi connectivity index (χ1) is 8.04. The summed E-state index contributed by atoms with van der Waals surface area (Å²) in [4.78, 5) is 7.24. The molecule has 0 fully saturated rings. The smallest absolute Gasteiger partial charge is 0.261 e. The van der Waals surface area contributed by atoms with Crippen molar-refractivity contribution in [1.82, 2.24) is 9.97 Å². The number of hydrogen-bond acceptors (Lipinski definition) is 3. The fourth-order valence-electron chi connectivity index (χ4n) is 1.26. The number of aryl methyl sites for hydroxylation is 1. The number of halogens is 3. The van der Waals surface area contributed by atoms with E-state index in [9.17, 15) is 8.78 Å². The second-order valence-electron chi connectivity index (χ2n) is 3.35. The van der Waals surface area contributed by atoms with Crippen LogP contribution in [0.25, 0.3) is 0 Å². The number of rotatable bonds is 6. The molecule has 1 rings (SSSR count). The maximum Gasteiger partial charge on any atom is 0.261 e. The Labute approximate surface area is 112 Å². The van der Waals surface area contributed by atoms with Crippen molar-refractivity contribution in [3.8, 4) is 0 Å². The molecule has 0 saturated carbocycles. The van der Waals surface area contributed by atoms with Crippen LogP contribution in [0.15, 0.2) is 4.47 Å². The van der Waals surface area contributed by atoms with E-state index < -0.39 is 13.0 Å². The Morgan fingerprint density at radius 2 is 2.24 bits per heavy atom. The summed E-state index contributed by atoms with van der Waals surface area (Å²) in [5.74, 6) is 0.657. The molecule has 96 valence electrons. The van der Waals surface area contributed by atoms with Crippen LogP contribution in [0, 0.1) is 4.64 Å². The van der Waals surface area contributed by atoms with Gasteiger partial charge in [0.15, 0.2) is 0 Å². The van der Waals surface area contributed by atoms with E-state index in [-0.39, 0.29) is 6.61 Å². The first kappa shape index (κ1) is 14.7. The normalized spacial score (nSPS) is 11.1. The Kier molecular flexibility index (Phi) is 6.15. The molecule has 0 aliphatic rings. The van der Waals surface area contributed by atoms with Gasteiger partial charge in [-0.15, -0.1) is 0 Å². The van der Waals surface area contributed by atoms with E-state index in [2.05, 4.69) is 25.9 Å². The summed E-state index contributed by atoms with van der Waals surface area (Å²) in [6, 6.07) is 0. The van der Waals surface area contributed by atoms with Crippen LogP contribution >= 0.6 is 28.1 Å². The maximum atomic E-state index is 11.8. The zero-order valence-electron chi connectivity index (χ0n) is 9.30. The summed E-state index contributed by atoms with van der Waals surface area (Å²) in [7, 11) is 0. The van der Waals surface area contributed by atoms with E-state index in [1.165, 1.54) is 0 Å². The minimum absolute atomic E-state index is 0.202. The van der Waals surface area contributed by atoms with E-state index >= 15 is 0 Å². The molecule has 0 atom stereocenters. The minimum atomic E-state index is -2.43. The third-order valence-corrected chi connectivity index (χ3v) is 3.48. The van der Waals surface area contributed by atoms with E-state index in [1.807, 2.05) is 6.92 Å². The first-order valence-electron chi connectivity index (χ1n) is 5.18. The van der Waals surface area contributed by atoms with E-state index in [0.717, 1.165) is 16.6 Å². The van der Waals surface area contributed by atoms with Crippen molar-refractivity contribution in [2.75, 3.05) is 13.2 Å². The van der Waals surface area contributed by atoms with Crippen molar-refractivity contribution in [3.05, 3.63) is 20.6 Å². The number of hydrogen-bond donors (Lipinski definition) is 1. The second kappa shape index (κ2) is 7.13. The van der Waals surface area contributed by atoms with Crippen LogP contribution in [0.2, 0.25) is 0 Å². The average Bonchev–Trinajstić information content (AvgIpc) is 2.28. The predicted molar refractivity (Wildman–Crippen MR) is 67.0 cm³/mol. The van der Waals surface area contributed by atoms with Crippen LogP contribution in [-0.2, 0) is 17.6 Å². The van der Waals surface area contributed by atoms with Gasteiger partial charge >= 0.3 is 0 Å². The lowest BCUT2D eigenvalue weighted by Crippen LogP contribution is -2.09. The third-order valence-electron chi connectivity index (χ3n) is 2.06. The van der Waals surface area contributed by atoms with Gasteiger partial charge < -0.3 is 9.72 Å². The molecule has 0 amide bonds. The van der Waals surface area contributed by atoms with Crippen molar-refractivity contribution in [2.45, 2.75) is 26.2 Å². The average molecular weight is 327 g/mol. The Morgan fingerprint density at radius 3 is 2.82 bits per heavy atom. The molecule has 1 aromatic heterocycles. The van der Waals surface area contributed by atoms with Gasteiger partial charge in [-0.3, -0.25) is 0 Å². The summed E-state index contributed by atoms with van der Waals surface area (Å²) < 4.78 is 29.7. The molecule has 1 aromatic rings. The van der Waals surface area contributed by atoms with Gasteiger partial charge in [0, 0.05) is 12.1 Å². The zero-order chi connectivity index (χ0) is 12.8. The van der Waals surface area contributed by atoms with Gasteiger partial charge in [0.2, 0.25) is 0 Å². The Balaban J connectivity index is 2.60. The maximum absolute atomic E-state index is 11.8. The van der Waals surface area contributed by atoms with Gasteiger partial charge in [-0.05, 0) is 22.4 Å². The lowest BCUT2D eigenvalue weighted by atomic mass is 10.3. The molecule has 0 radical (unpaired) electrons. The molecule has 1 N–H and O–H groups in total. The Hall–Kier alpha value is -0.400. The van der Waals surface area contributed by atoms with Crippen LogP contribution in [-0.4, -0.2) is 29.6 Å². The van der Waals surface area contributed by atoms with Crippen LogP contribution in [0.3, 0.4) is 0 Å². The number of aromatic amines is 1. The van der Waals surface area contributed by atoms with Gasteiger partial charge in [0.05, 0.1) is 11.1 Å². The molecule has 0 bridgehead atoms. The Bertz CT molecular complexity index is 425. The van der Waals surface area contributed by atoms with Gasteiger partial charge in [0.1, 0.15) is 17.1 Å². The number of nitrogens with one attached hydrogen (secondary N) is 1. The summed E-state index contributed by atoms with van der Waals surface area (Å²) in [5.41, 5.74) is 0.953. The standard InChI is InChI=1S/C10H13BrF2N2OS/c1-2-6-9(11)10(17)15-8(14-6)3-4-16-5-7(12)13/h7H,2-5H2,1H3,(H,14,15,17). The molecule has 0 aromatic carbocycles. The predicted octanol–water partition coefficient (Wildman–Crippen LogP) is 3.29. The molecule has 3 nitrogen and oxygen atoms in total. The molecular weight excluding hydrogens is 314 g/mol. The zero-order valence-corrected chi connectivity index (χ0v) is 11.7. The fraction of sp³-hybridized carbons (Fsp3) is 0.600. The summed E-state index contributed by atoms with van der Waals surface area (Å²) in [6.07, 6.45) is -1.20. The number of ether oxygens (including phenoxy) is 1. The van der Waals surface area contributed by atoms with Crippen molar-refractivity contribution in [3.63, 3.8) is 0 Å². The quantitative estimate of drug-likeness (QED) is 0.644. The number of nitrogens with zero attached hydrogens (tertiary/aromatic N) is 1. The van der Waals surface area contributed by atoms with Crippen LogP contribution < -0.4 is 0 Å². The molecule has 0 spiro atoms. The van der Waals surface area contributed by atoms with Crippen molar-refractivity contribution in [2.24, 2.45) is 0 Å². The van der Waals surface area contributed by atoms with Gasteiger partial charge in [-0.25, -0.2) is 13.8 Å². The third kappa shape index (κ3) is 4.77. The highest BCUT2D eigenvalue weighted by Gasteiger charge is 2.06. The van der Waals surface area contributed by atoms with Crippen LogP contribution in [0.5, 0.6) is 0 Å². The molecular formula is C10H13BrF2N2OS. The lowest BCUT2D eigenvalue weighted by Gasteiger charge is -2.07. The Morgan fingerprint density at radius 1 is 1.53 bits per heavy atom. The topological polar surface area (TPSA) is 37.9 Å². The summed E-state index contributed by atoms with van der Waals surface area (Å²) in [5, 5.41) is 0.